The second-order valence-corrected chi connectivity index (χ2v) is 7.66. The van der Waals surface area contributed by atoms with Crippen LogP contribution in [0.3, 0.4) is 0 Å². The highest BCUT2D eigenvalue weighted by molar-refractivity contribution is 7.15. The minimum Gasteiger partial charge on any atom is -0.348 e. The van der Waals surface area contributed by atoms with E-state index in [4.69, 9.17) is 4.98 Å². The fraction of sp³-hybridized carbons (Fsp3) is 0.812. The zero-order valence-corrected chi connectivity index (χ0v) is 15.0. The van der Waals surface area contributed by atoms with Crippen LogP contribution in [0.2, 0.25) is 0 Å². The molecule has 1 heterocycles. The summed E-state index contributed by atoms with van der Waals surface area (Å²) in [6, 6.07) is 0. The quantitative estimate of drug-likeness (QED) is 0.823. The van der Waals surface area contributed by atoms with Gasteiger partial charge in [0.25, 0.3) is 0 Å². The third-order valence-corrected chi connectivity index (χ3v) is 4.73. The zero-order chi connectivity index (χ0) is 15.3. The van der Waals surface area contributed by atoms with E-state index in [9.17, 15) is 0 Å². The molecule has 4 heteroatoms. The highest BCUT2D eigenvalue weighted by Crippen LogP contribution is 2.34. The molecular weight excluding hydrogens is 266 g/mol. The van der Waals surface area contributed by atoms with E-state index in [0.29, 0.717) is 5.92 Å². The topological polar surface area (TPSA) is 28.2 Å². The van der Waals surface area contributed by atoms with Crippen LogP contribution in [-0.4, -0.2) is 25.1 Å². The second kappa shape index (κ2) is 7.41. The van der Waals surface area contributed by atoms with E-state index in [2.05, 4.69) is 51.8 Å². The average Bonchev–Trinajstić information content (AvgIpc) is 2.79. The SMILES string of the molecule is CCC(C)CN(CC)c1nc(C(C)(C)C)c(CNC)s1. The molecule has 1 atom stereocenters. The number of nitrogens with zero attached hydrogens (tertiary/aromatic N) is 2. The van der Waals surface area contributed by atoms with Crippen molar-refractivity contribution >= 4 is 16.5 Å². The Bertz CT molecular complexity index is 406. The molecule has 0 aliphatic carbocycles. The summed E-state index contributed by atoms with van der Waals surface area (Å²) < 4.78 is 0. The van der Waals surface area contributed by atoms with E-state index in [1.165, 1.54) is 22.1 Å². The van der Waals surface area contributed by atoms with Gasteiger partial charge in [0, 0.05) is 29.9 Å². The Hall–Kier alpha value is -0.610. The molecule has 1 aromatic rings. The monoisotopic (exact) mass is 297 g/mol. The Balaban J connectivity index is 3.05. The highest BCUT2D eigenvalue weighted by atomic mass is 32.1. The molecule has 1 unspecified atom stereocenters. The lowest BCUT2D eigenvalue weighted by Crippen LogP contribution is -2.28. The normalized spacial score (nSPS) is 13.6. The van der Waals surface area contributed by atoms with E-state index in [1.54, 1.807) is 0 Å². The summed E-state index contributed by atoms with van der Waals surface area (Å²) in [6.07, 6.45) is 1.22. The number of anilines is 1. The van der Waals surface area contributed by atoms with Crippen LogP contribution in [0.4, 0.5) is 5.13 Å². The summed E-state index contributed by atoms with van der Waals surface area (Å²) in [5, 5.41) is 4.45. The predicted molar refractivity (Wildman–Crippen MR) is 90.9 cm³/mol. The summed E-state index contributed by atoms with van der Waals surface area (Å²) in [7, 11) is 2.00. The van der Waals surface area contributed by atoms with Gasteiger partial charge in [0.1, 0.15) is 0 Å². The van der Waals surface area contributed by atoms with Crippen molar-refractivity contribution in [3.05, 3.63) is 10.6 Å². The predicted octanol–water partition coefficient (Wildman–Crippen LogP) is 4.03. The first kappa shape index (κ1) is 17.4. The molecule has 0 bridgehead atoms. The molecule has 3 nitrogen and oxygen atoms in total. The molecule has 0 saturated heterocycles. The van der Waals surface area contributed by atoms with Crippen molar-refractivity contribution in [3.8, 4) is 0 Å². The van der Waals surface area contributed by atoms with Crippen molar-refractivity contribution in [2.24, 2.45) is 5.92 Å². The zero-order valence-electron chi connectivity index (χ0n) is 14.2. The van der Waals surface area contributed by atoms with E-state index in [1.807, 2.05) is 18.4 Å². The summed E-state index contributed by atoms with van der Waals surface area (Å²) in [4.78, 5) is 8.76. The summed E-state index contributed by atoms with van der Waals surface area (Å²) in [5.74, 6) is 0.713. The minimum absolute atomic E-state index is 0.108. The van der Waals surface area contributed by atoms with Gasteiger partial charge in [0.2, 0.25) is 0 Å². The first-order valence-electron chi connectivity index (χ1n) is 7.73. The van der Waals surface area contributed by atoms with Gasteiger partial charge in [-0.15, -0.1) is 11.3 Å². The number of rotatable bonds is 7. The van der Waals surface area contributed by atoms with Crippen molar-refractivity contribution in [3.63, 3.8) is 0 Å². The molecule has 1 rings (SSSR count). The summed E-state index contributed by atoms with van der Waals surface area (Å²) >= 11 is 1.85. The first-order valence-corrected chi connectivity index (χ1v) is 8.54. The molecule has 116 valence electrons. The molecule has 0 aromatic carbocycles. The van der Waals surface area contributed by atoms with E-state index in [-0.39, 0.29) is 5.41 Å². The van der Waals surface area contributed by atoms with Crippen LogP contribution in [0, 0.1) is 5.92 Å². The van der Waals surface area contributed by atoms with Gasteiger partial charge in [0.15, 0.2) is 5.13 Å². The smallest absolute Gasteiger partial charge is 0.185 e. The van der Waals surface area contributed by atoms with Crippen molar-refractivity contribution in [1.82, 2.24) is 10.3 Å². The molecule has 0 amide bonds. The molecule has 20 heavy (non-hydrogen) atoms. The molecule has 0 radical (unpaired) electrons. The maximum Gasteiger partial charge on any atom is 0.185 e. The molecule has 0 spiro atoms. The second-order valence-electron chi connectivity index (χ2n) is 6.60. The molecule has 0 saturated carbocycles. The summed E-state index contributed by atoms with van der Waals surface area (Å²) in [5.41, 5.74) is 1.35. The van der Waals surface area contributed by atoms with Crippen LogP contribution in [0.25, 0.3) is 0 Å². The molecule has 1 aromatic heterocycles. The lowest BCUT2D eigenvalue weighted by molar-refractivity contribution is 0.542. The maximum atomic E-state index is 4.96. The van der Waals surface area contributed by atoms with Gasteiger partial charge in [-0.1, -0.05) is 41.0 Å². The standard InChI is InChI=1S/C16H31N3S/c1-8-12(3)11-19(9-2)15-18-14(16(4,5)6)13(20-15)10-17-7/h12,17H,8-11H2,1-7H3. The number of aromatic nitrogens is 1. The Morgan fingerprint density at radius 3 is 2.40 bits per heavy atom. The lowest BCUT2D eigenvalue weighted by atomic mass is 9.91. The lowest BCUT2D eigenvalue weighted by Gasteiger charge is -2.23. The van der Waals surface area contributed by atoms with Crippen molar-refractivity contribution in [1.29, 1.82) is 0 Å². The molecule has 0 aliphatic heterocycles. The number of hydrogen-bond acceptors (Lipinski definition) is 4. The van der Waals surface area contributed by atoms with Crippen molar-refractivity contribution in [2.45, 2.75) is 59.9 Å². The van der Waals surface area contributed by atoms with Crippen LogP contribution in [0.5, 0.6) is 0 Å². The van der Waals surface area contributed by atoms with E-state index in [0.717, 1.165) is 19.6 Å². The van der Waals surface area contributed by atoms with Crippen LogP contribution >= 0.6 is 11.3 Å². The average molecular weight is 298 g/mol. The van der Waals surface area contributed by atoms with Crippen molar-refractivity contribution < 1.29 is 0 Å². The largest absolute Gasteiger partial charge is 0.348 e. The number of thiazole rings is 1. The van der Waals surface area contributed by atoms with Crippen LogP contribution in [-0.2, 0) is 12.0 Å². The maximum absolute atomic E-state index is 4.96. The van der Waals surface area contributed by atoms with Gasteiger partial charge in [-0.05, 0) is 19.9 Å². The van der Waals surface area contributed by atoms with Gasteiger partial charge in [0.05, 0.1) is 5.69 Å². The molecule has 0 aliphatic rings. The minimum atomic E-state index is 0.108. The summed E-state index contributed by atoms with van der Waals surface area (Å²) in [6.45, 7) is 16.6. The fourth-order valence-electron chi connectivity index (χ4n) is 2.19. The van der Waals surface area contributed by atoms with Crippen molar-refractivity contribution in [2.75, 3.05) is 25.0 Å². The van der Waals surface area contributed by atoms with Gasteiger partial charge in [-0.3, -0.25) is 0 Å². The highest BCUT2D eigenvalue weighted by Gasteiger charge is 2.24. The van der Waals surface area contributed by atoms with Crippen LogP contribution < -0.4 is 10.2 Å². The third kappa shape index (κ3) is 4.45. The van der Waals surface area contributed by atoms with Gasteiger partial charge >= 0.3 is 0 Å². The fourth-order valence-corrected chi connectivity index (χ4v) is 3.54. The first-order chi connectivity index (χ1) is 9.33. The Morgan fingerprint density at radius 1 is 1.30 bits per heavy atom. The Kier molecular flexibility index (Phi) is 6.46. The van der Waals surface area contributed by atoms with Gasteiger partial charge < -0.3 is 10.2 Å². The molecule has 1 N–H and O–H groups in total. The van der Waals surface area contributed by atoms with E-state index >= 15 is 0 Å². The Labute approximate surface area is 128 Å². The molecule has 0 fully saturated rings. The van der Waals surface area contributed by atoms with Gasteiger partial charge in [-0.25, -0.2) is 4.98 Å². The van der Waals surface area contributed by atoms with Crippen LogP contribution in [0.1, 0.15) is 58.5 Å². The van der Waals surface area contributed by atoms with Crippen LogP contribution in [0.15, 0.2) is 0 Å². The third-order valence-electron chi connectivity index (χ3n) is 3.62. The van der Waals surface area contributed by atoms with E-state index < -0.39 is 0 Å². The number of hydrogen-bond donors (Lipinski definition) is 1. The molecular formula is C16H31N3S. The number of nitrogens with one attached hydrogen (secondary N) is 1. The Morgan fingerprint density at radius 2 is 1.95 bits per heavy atom. The van der Waals surface area contributed by atoms with Gasteiger partial charge in [-0.2, -0.15) is 0 Å².